The molecule has 31 heavy (non-hydrogen) atoms. The molecule has 1 aliphatic rings. The number of amides is 2. The molecule has 1 aromatic carbocycles. The van der Waals surface area contributed by atoms with Gasteiger partial charge in [0, 0.05) is 0 Å². The normalized spacial score (nSPS) is 16.0. The minimum absolute atomic E-state index is 0.0203. The van der Waals surface area contributed by atoms with E-state index in [1.807, 2.05) is 6.07 Å². The van der Waals surface area contributed by atoms with E-state index in [4.69, 9.17) is 9.84 Å². The van der Waals surface area contributed by atoms with Crippen molar-refractivity contribution in [1.29, 1.82) is 0 Å². The van der Waals surface area contributed by atoms with Crippen LogP contribution in [0.15, 0.2) is 30.3 Å². The molecule has 0 spiro atoms. The first-order valence-electron chi connectivity index (χ1n) is 10.5. The number of benzene rings is 1. The summed E-state index contributed by atoms with van der Waals surface area (Å²) >= 11 is 0. The summed E-state index contributed by atoms with van der Waals surface area (Å²) in [6, 6.07) is 6.51. The number of hydrogen-bond acceptors (Lipinski definition) is 5. The summed E-state index contributed by atoms with van der Waals surface area (Å²) in [6.07, 6.45) is 3.79. The SMILES string of the molecule is O=C(O)CC(NC(=O)C(CC1CCCCC1)NC(=O)OCc1ccccc1)C(=O)CF. The van der Waals surface area contributed by atoms with Crippen molar-refractivity contribution in [2.24, 2.45) is 5.92 Å². The summed E-state index contributed by atoms with van der Waals surface area (Å²) in [5.74, 6) is -2.89. The van der Waals surface area contributed by atoms with Crippen LogP contribution in [-0.2, 0) is 25.7 Å². The third kappa shape index (κ3) is 8.74. The molecule has 3 N–H and O–H groups in total. The Hall–Kier alpha value is -2.97. The molecule has 2 unspecified atom stereocenters. The Balaban J connectivity index is 2.02. The number of Topliss-reactive ketones (excluding diaryl/α,β-unsaturated/α-hetero) is 1. The molecule has 2 rings (SSSR count). The summed E-state index contributed by atoms with van der Waals surface area (Å²) in [7, 11) is 0. The van der Waals surface area contributed by atoms with E-state index in [0.717, 1.165) is 37.7 Å². The molecule has 8 nitrogen and oxygen atoms in total. The fourth-order valence-corrected chi connectivity index (χ4v) is 3.68. The zero-order valence-electron chi connectivity index (χ0n) is 17.3. The molecule has 0 bridgehead atoms. The van der Waals surface area contributed by atoms with Crippen LogP contribution in [0, 0.1) is 5.92 Å². The van der Waals surface area contributed by atoms with Crippen LogP contribution in [0.2, 0.25) is 0 Å². The highest BCUT2D eigenvalue weighted by Gasteiger charge is 2.30. The standard InChI is InChI=1S/C22H29FN2O6/c23-13-19(26)17(12-20(27)28)24-21(29)18(11-15-7-3-1-4-8-15)25-22(30)31-14-16-9-5-2-6-10-16/h2,5-6,9-10,15,17-18H,1,3-4,7-8,11-14H2,(H,24,29)(H,25,30)(H,27,28). The zero-order chi connectivity index (χ0) is 22.6. The van der Waals surface area contributed by atoms with Gasteiger partial charge in [-0.15, -0.1) is 0 Å². The van der Waals surface area contributed by atoms with Crippen molar-refractivity contribution in [2.45, 2.75) is 63.6 Å². The van der Waals surface area contributed by atoms with Gasteiger partial charge in [0.05, 0.1) is 6.42 Å². The van der Waals surface area contributed by atoms with Crippen LogP contribution in [0.4, 0.5) is 9.18 Å². The summed E-state index contributed by atoms with van der Waals surface area (Å²) < 4.78 is 18.0. The lowest BCUT2D eigenvalue weighted by molar-refractivity contribution is -0.140. The minimum atomic E-state index is -1.49. The largest absolute Gasteiger partial charge is 0.481 e. The van der Waals surface area contributed by atoms with E-state index >= 15 is 0 Å². The Morgan fingerprint density at radius 1 is 1.03 bits per heavy atom. The van der Waals surface area contributed by atoms with Gasteiger partial charge in [0.25, 0.3) is 0 Å². The number of alkyl halides is 1. The highest BCUT2D eigenvalue weighted by molar-refractivity contribution is 5.94. The van der Waals surface area contributed by atoms with Gasteiger partial charge in [-0.1, -0.05) is 62.4 Å². The minimum Gasteiger partial charge on any atom is -0.481 e. The predicted octanol–water partition coefficient (Wildman–Crippen LogP) is 2.75. The van der Waals surface area contributed by atoms with E-state index in [1.54, 1.807) is 24.3 Å². The van der Waals surface area contributed by atoms with Gasteiger partial charge >= 0.3 is 12.1 Å². The Morgan fingerprint density at radius 3 is 2.32 bits per heavy atom. The third-order valence-corrected chi connectivity index (χ3v) is 5.33. The molecule has 2 amide bonds. The van der Waals surface area contributed by atoms with E-state index in [-0.39, 0.29) is 12.5 Å². The fourth-order valence-electron chi connectivity index (χ4n) is 3.68. The van der Waals surface area contributed by atoms with E-state index < -0.39 is 48.9 Å². The lowest BCUT2D eigenvalue weighted by Gasteiger charge is -2.27. The molecule has 1 fully saturated rings. The van der Waals surface area contributed by atoms with Gasteiger partial charge in [0.1, 0.15) is 25.4 Å². The molecule has 0 aliphatic heterocycles. The number of rotatable bonds is 11. The quantitative estimate of drug-likeness (QED) is 0.490. The number of ether oxygens (including phenoxy) is 1. The summed E-state index contributed by atoms with van der Waals surface area (Å²) in [4.78, 5) is 47.8. The molecule has 9 heteroatoms. The molecule has 2 atom stereocenters. The Morgan fingerprint density at radius 2 is 1.71 bits per heavy atom. The van der Waals surface area contributed by atoms with Gasteiger partial charge in [-0.25, -0.2) is 9.18 Å². The van der Waals surface area contributed by atoms with Crippen LogP contribution >= 0.6 is 0 Å². The lowest BCUT2D eigenvalue weighted by Crippen LogP contribution is -2.53. The number of nitrogens with one attached hydrogen (secondary N) is 2. The van der Waals surface area contributed by atoms with Crippen molar-refractivity contribution in [2.75, 3.05) is 6.67 Å². The molecule has 1 saturated carbocycles. The van der Waals surface area contributed by atoms with Crippen molar-refractivity contribution in [3.63, 3.8) is 0 Å². The van der Waals surface area contributed by atoms with Crippen LogP contribution in [-0.4, -0.2) is 47.6 Å². The molecule has 170 valence electrons. The van der Waals surface area contributed by atoms with E-state index in [0.29, 0.717) is 6.42 Å². The topological polar surface area (TPSA) is 122 Å². The number of carbonyl (C=O) groups is 4. The summed E-state index contributed by atoms with van der Waals surface area (Å²) in [6.45, 7) is -1.37. The van der Waals surface area contributed by atoms with Crippen LogP contribution in [0.1, 0.15) is 50.5 Å². The van der Waals surface area contributed by atoms with Crippen molar-refractivity contribution in [1.82, 2.24) is 10.6 Å². The molecule has 0 aromatic heterocycles. The molecule has 0 radical (unpaired) electrons. The summed E-state index contributed by atoms with van der Waals surface area (Å²) in [5.41, 5.74) is 0.779. The lowest BCUT2D eigenvalue weighted by atomic mass is 9.84. The van der Waals surface area contributed by atoms with Crippen LogP contribution in [0.3, 0.4) is 0 Å². The third-order valence-electron chi connectivity index (χ3n) is 5.33. The van der Waals surface area contributed by atoms with Gasteiger partial charge in [0.15, 0.2) is 5.78 Å². The van der Waals surface area contributed by atoms with Gasteiger partial charge < -0.3 is 20.5 Å². The Labute approximate surface area is 180 Å². The average Bonchev–Trinajstić information content (AvgIpc) is 2.77. The smallest absolute Gasteiger partial charge is 0.408 e. The van der Waals surface area contributed by atoms with Gasteiger partial charge in [0.2, 0.25) is 5.91 Å². The van der Waals surface area contributed by atoms with Crippen LogP contribution in [0.25, 0.3) is 0 Å². The molecule has 1 aromatic rings. The highest BCUT2D eigenvalue weighted by atomic mass is 19.1. The van der Waals surface area contributed by atoms with Crippen molar-refractivity contribution in [3.05, 3.63) is 35.9 Å². The summed E-state index contributed by atoms with van der Waals surface area (Å²) in [5, 5.41) is 13.8. The first-order valence-corrected chi connectivity index (χ1v) is 10.5. The van der Waals surface area contributed by atoms with Crippen molar-refractivity contribution in [3.8, 4) is 0 Å². The number of carbonyl (C=O) groups excluding carboxylic acids is 3. The number of aliphatic carboxylic acids is 1. The zero-order valence-corrected chi connectivity index (χ0v) is 17.3. The van der Waals surface area contributed by atoms with Gasteiger partial charge in [-0.2, -0.15) is 0 Å². The maximum Gasteiger partial charge on any atom is 0.408 e. The van der Waals surface area contributed by atoms with Crippen molar-refractivity contribution >= 4 is 23.8 Å². The van der Waals surface area contributed by atoms with E-state index in [9.17, 15) is 23.6 Å². The molecule has 0 saturated heterocycles. The molecule has 0 heterocycles. The monoisotopic (exact) mass is 436 g/mol. The van der Waals surface area contributed by atoms with Crippen molar-refractivity contribution < 1.29 is 33.4 Å². The fraction of sp³-hybridized carbons (Fsp3) is 0.545. The number of hydrogen-bond donors (Lipinski definition) is 3. The Kier molecular flexibility index (Phi) is 9.93. The second-order valence-corrected chi connectivity index (χ2v) is 7.76. The van der Waals surface area contributed by atoms with Gasteiger partial charge in [-0.3, -0.25) is 14.4 Å². The number of ketones is 1. The molecular formula is C22H29FN2O6. The first kappa shape index (κ1) is 24.3. The van der Waals surface area contributed by atoms with E-state index in [2.05, 4.69) is 10.6 Å². The number of alkyl carbamates (subject to hydrolysis) is 1. The second-order valence-electron chi connectivity index (χ2n) is 7.76. The van der Waals surface area contributed by atoms with Crippen LogP contribution < -0.4 is 10.6 Å². The Bertz CT molecular complexity index is 752. The van der Waals surface area contributed by atoms with Gasteiger partial charge in [-0.05, 0) is 17.9 Å². The molecule has 1 aliphatic carbocycles. The number of halogens is 1. The van der Waals surface area contributed by atoms with E-state index in [1.165, 1.54) is 0 Å². The maximum absolute atomic E-state index is 12.8. The van der Waals surface area contributed by atoms with Crippen LogP contribution in [0.5, 0.6) is 0 Å². The average molecular weight is 436 g/mol. The maximum atomic E-state index is 12.8. The first-order chi connectivity index (χ1) is 14.9. The molecular weight excluding hydrogens is 407 g/mol. The highest BCUT2D eigenvalue weighted by Crippen LogP contribution is 2.27. The predicted molar refractivity (Wildman–Crippen MR) is 110 cm³/mol. The number of carboxylic acids is 1. The number of carboxylic acid groups (broad SMARTS) is 1. The second kappa shape index (κ2) is 12.7.